The van der Waals surface area contributed by atoms with Crippen LogP contribution in [0.15, 0.2) is 47.4 Å². The summed E-state index contributed by atoms with van der Waals surface area (Å²) in [5.41, 5.74) is 0.872. The molecule has 0 fully saturated rings. The molecule has 0 atom stereocenters. The summed E-state index contributed by atoms with van der Waals surface area (Å²) >= 11 is 0. The topological polar surface area (TPSA) is 81.7 Å². The van der Waals surface area contributed by atoms with E-state index in [9.17, 15) is 13.2 Å². The van der Waals surface area contributed by atoms with E-state index in [1.165, 1.54) is 12.1 Å². The minimum Gasteiger partial charge on any atom is -0.497 e. The molecule has 1 N–H and O–H groups in total. The minimum atomic E-state index is -3.50. The lowest BCUT2D eigenvalue weighted by Crippen LogP contribution is -2.25. The lowest BCUT2D eigenvalue weighted by atomic mass is 10.1. The van der Waals surface area contributed by atoms with Gasteiger partial charge in [0.15, 0.2) is 9.84 Å². The molecule has 6 nitrogen and oxygen atoms in total. The Morgan fingerprint density at radius 1 is 1.08 bits per heavy atom. The van der Waals surface area contributed by atoms with E-state index in [0.29, 0.717) is 17.9 Å². The Morgan fingerprint density at radius 2 is 1.81 bits per heavy atom. The van der Waals surface area contributed by atoms with E-state index in [4.69, 9.17) is 9.47 Å². The van der Waals surface area contributed by atoms with Crippen LogP contribution in [0.5, 0.6) is 11.5 Å². The number of benzene rings is 2. The van der Waals surface area contributed by atoms with Crippen LogP contribution >= 0.6 is 0 Å². The first-order valence-corrected chi connectivity index (χ1v) is 9.89. The summed E-state index contributed by atoms with van der Waals surface area (Å²) in [4.78, 5) is 12.6. The van der Waals surface area contributed by atoms with Crippen LogP contribution < -0.4 is 14.8 Å². The van der Waals surface area contributed by atoms with Crippen molar-refractivity contribution >= 4 is 15.7 Å². The molecule has 7 heteroatoms. The normalized spacial score (nSPS) is 11.0. The van der Waals surface area contributed by atoms with E-state index in [1.807, 2.05) is 0 Å². The first kappa shape index (κ1) is 19.8. The number of rotatable bonds is 8. The summed E-state index contributed by atoms with van der Waals surface area (Å²) in [6, 6.07) is 11.5. The third-order valence-electron chi connectivity index (χ3n) is 3.87. The molecule has 0 saturated heterocycles. The number of carbonyl (C=O) groups is 1. The second-order valence-corrected chi connectivity index (χ2v) is 7.75. The monoisotopic (exact) mass is 377 g/mol. The van der Waals surface area contributed by atoms with Gasteiger partial charge in [-0.05, 0) is 36.8 Å². The number of hydrogen-bond donors (Lipinski definition) is 1. The molecule has 0 aliphatic carbocycles. The van der Waals surface area contributed by atoms with Gasteiger partial charge in [0.2, 0.25) is 0 Å². The highest BCUT2D eigenvalue weighted by molar-refractivity contribution is 7.91. The minimum absolute atomic E-state index is 0.000992. The van der Waals surface area contributed by atoms with Crippen molar-refractivity contribution in [1.82, 2.24) is 5.32 Å². The van der Waals surface area contributed by atoms with Crippen LogP contribution in [-0.2, 0) is 16.4 Å². The quantitative estimate of drug-likeness (QED) is 0.765. The number of nitrogens with one attached hydrogen (secondary N) is 1. The molecule has 2 rings (SSSR count). The molecule has 0 aromatic heterocycles. The van der Waals surface area contributed by atoms with Gasteiger partial charge in [-0.2, -0.15) is 0 Å². The number of sulfone groups is 1. The number of ether oxygens (including phenoxy) is 2. The number of methoxy groups -OCH3 is 2. The first-order chi connectivity index (χ1) is 12.4. The van der Waals surface area contributed by atoms with Gasteiger partial charge in [0, 0.05) is 12.1 Å². The van der Waals surface area contributed by atoms with Gasteiger partial charge in [0.05, 0.1) is 30.4 Å². The highest BCUT2D eigenvalue weighted by atomic mass is 32.2. The molecule has 2 aromatic rings. The highest BCUT2D eigenvalue weighted by Crippen LogP contribution is 2.24. The summed E-state index contributed by atoms with van der Waals surface area (Å²) in [5.74, 6) is 0.796. The maximum atomic E-state index is 12.6. The van der Waals surface area contributed by atoms with Crippen molar-refractivity contribution in [3.05, 3.63) is 53.6 Å². The second kappa shape index (κ2) is 8.71. The van der Waals surface area contributed by atoms with Crippen molar-refractivity contribution in [2.24, 2.45) is 0 Å². The molecule has 0 unspecified atom stereocenters. The fourth-order valence-electron chi connectivity index (χ4n) is 2.59. The van der Waals surface area contributed by atoms with Crippen molar-refractivity contribution in [2.75, 3.05) is 20.0 Å². The Kier molecular flexibility index (Phi) is 6.63. The van der Waals surface area contributed by atoms with Gasteiger partial charge in [-0.15, -0.1) is 0 Å². The fraction of sp³-hybridized carbons (Fsp3) is 0.316. The smallest absolute Gasteiger partial charge is 0.252 e. The SMILES string of the molecule is CCCS(=O)(=O)c1ccccc1C(=O)NCc1cc(OC)ccc1OC. The van der Waals surface area contributed by atoms with Crippen molar-refractivity contribution < 1.29 is 22.7 Å². The summed E-state index contributed by atoms with van der Waals surface area (Å²) in [7, 11) is -0.402. The van der Waals surface area contributed by atoms with E-state index in [2.05, 4.69) is 5.32 Å². The molecule has 140 valence electrons. The number of carbonyl (C=O) groups excluding carboxylic acids is 1. The Morgan fingerprint density at radius 3 is 2.46 bits per heavy atom. The summed E-state index contributed by atoms with van der Waals surface area (Å²) < 4.78 is 35.3. The van der Waals surface area contributed by atoms with Crippen LogP contribution in [0.25, 0.3) is 0 Å². The Balaban J connectivity index is 2.25. The van der Waals surface area contributed by atoms with E-state index in [-0.39, 0.29) is 22.8 Å². The average molecular weight is 377 g/mol. The van der Waals surface area contributed by atoms with Gasteiger partial charge in [0.1, 0.15) is 11.5 Å². The number of amides is 1. The molecule has 0 heterocycles. The maximum Gasteiger partial charge on any atom is 0.252 e. The van der Waals surface area contributed by atoms with Crippen LogP contribution in [0, 0.1) is 0 Å². The van der Waals surface area contributed by atoms with E-state index < -0.39 is 15.7 Å². The summed E-state index contributed by atoms with van der Waals surface area (Å²) in [6.45, 7) is 1.97. The van der Waals surface area contributed by atoms with Crippen LogP contribution in [0.3, 0.4) is 0 Å². The molecule has 0 aliphatic rings. The maximum absolute atomic E-state index is 12.6. The average Bonchev–Trinajstić information content (AvgIpc) is 2.65. The van der Waals surface area contributed by atoms with Crippen LogP contribution in [-0.4, -0.2) is 34.3 Å². The fourth-order valence-corrected chi connectivity index (χ4v) is 4.13. The Hall–Kier alpha value is -2.54. The van der Waals surface area contributed by atoms with Gasteiger partial charge in [0.25, 0.3) is 5.91 Å². The van der Waals surface area contributed by atoms with Gasteiger partial charge in [-0.25, -0.2) is 8.42 Å². The highest BCUT2D eigenvalue weighted by Gasteiger charge is 2.21. The molecule has 0 saturated carbocycles. The van der Waals surface area contributed by atoms with E-state index in [1.54, 1.807) is 51.5 Å². The largest absolute Gasteiger partial charge is 0.497 e. The molecule has 0 aliphatic heterocycles. The second-order valence-electron chi connectivity index (χ2n) is 5.68. The Bertz CT molecular complexity index is 877. The lowest BCUT2D eigenvalue weighted by molar-refractivity contribution is 0.0947. The molecule has 26 heavy (non-hydrogen) atoms. The zero-order valence-corrected chi connectivity index (χ0v) is 15.9. The zero-order valence-electron chi connectivity index (χ0n) is 15.1. The van der Waals surface area contributed by atoms with Crippen molar-refractivity contribution in [2.45, 2.75) is 24.8 Å². The van der Waals surface area contributed by atoms with Gasteiger partial charge in [-0.3, -0.25) is 4.79 Å². The molecular weight excluding hydrogens is 354 g/mol. The molecule has 0 bridgehead atoms. The molecule has 0 radical (unpaired) electrons. The molecule has 2 aromatic carbocycles. The van der Waals surface area contributed by atoms with Crippen molar-refractivity contribution in [1.29, 1.82) is 0 Å². The third kappa shape index (κ3) is 4.54. The van der Waals surface area contributed by atoms with Crippen LogP contribution in [0.4, 0.5) is 0 Å². The predicted molar refractivity (Wildman–Crippen MR) is 99.5 cm³/mol. The standard InChI is InChI=1S/C19H23NO5S/c1-4-11-26(22,23)18-8-6-5-7-16(18)19(21)20-13-14-12-15(24-2)9-10-17(14)25-3/h5-10,12H,4,11,13H2,1-3H3,(H,20,21). The molecular formula is C19H23NO5S. The lowest BCUT2D eigenvalue weighted by Gasteiger charge is -2.13. The van der Waals surface area contributed by atoms with Crippen molar-refractivity contribution in [3.63, 3.8) is 0 Å². The zero-order chi connectivity index (χ0) is 19.2. The van der Waals surface area contributed by atoms with Crippen LogP contribution in [0.1, 0.15) is 29.3 Å². The van der Waals surface area contributed by atoms with E-state index in [0.717, 1.165) is 5.56 Å². The molecule has 0 spiro atoms. The van der Waals surface area contributed by atoms with Gasteiger partial charge in [-0.1, -0.05) is 19.1 Å². The van der Waals surface area contributed by atoms with Gasteiger partial charge < -0.3 is 14.8 Å². The third-order valence-corrected chi connectivity index (χ3v) is 5.84. The molecule has 1 amide bonds. The predicted octanol–water partition coefficient (Wildman–Crippen LogP) is 2.82. The summed E-state index contributed by atoms with van der Waals surface area (Å²) in [6.07, 6.45) is 0.485. The first-order valence-electron chi connectivity index (χ1n) is 8.23. The Labute approximate surface area is 154 Å². The summed E-state index contributed by atoms with van der Waals surface area (Å²) in [5, 5.41) is 2.76. The number of hydrogen-bond acceptors (Lipinski definition) is 5. The van der Waals surface area contributed by atoms with E-state index >= 15 is 0 Å². The van der Waals surface area contributed by atoms with Gasteiger partial charge >= 0.3 is 0 Å². The van der Waals surface area contributed by atoms with Crippen LogP contribution in [0.2, 0.25) is 0 Å². The van der Waals surface area contributed by atoms with Crippen molar-refractivity contribution in [3.8, 4) is 11.5 Å².